The second kappa shape index (κ2) is 20.7. The first kappa shape index (κ1) is 25.4. The van der Waals surface area contributed by atoms with Crippen molar-refractivity contribution in [3.8, 4) is 0 Å². The molecule has 0 rings (SSSR count). The first-order chi connectivity index (χ1) is 12.7. The van der Waals surface area contributed by atoms with Gasteiger partial charge < -0.3 is 16.0 Å². The van der Waals surface area contributed by atoms with Crippen molar-refractivity contribution >= 4 is 5.91 Å². The van der Waals surface area contributed by atoms with Gasteiger partial charge in [-0.25, -0.2) is 0 Å². The summed E-state index contributed by atoms with van der Waals surface area (Å²) in [6.45, 7) is 9.08. The van der Waals surface area contributed by atoms with E-state index < -0.39 is 0 Å². The lowest BCUT2D eigenvalue weighted by atomic mass is 10.1. The van der Waals surface area contributed by atoms with E-state index in [1.54, 1.807) is 0 Å². The highest BCUT2D eigenvalue weighted by molar-refractivity contribution is 5.75. The van der Waals surface area contributed by atoms with Gasteiger partial charge in [0, 0.05) is 19.5 Å². The molecule has 0 aromatic heterocycles. The fraction of sp³-hybridized carbons (Fsp3) is 0.955. The summed E-state index contributed by atoms with van der Waals surface area (Å²) in [5, 5.41) is 2.97. The standard InChI is InChI=1S/C22H47N3O/c1-3-5-7-9-11-13-19-25(20-14-12-10-8-6-4-2)21-16-22(26)24-18-15-17-23/h3-21,23H2,1-2H3,(H,24,26). The lowest BCUT2D eigenvalue weighted by Crippen LogP contribution is -2.33. The molecular formula is C22H47N3O. The molecule has 0 saturated heterocycles. The van der Waals surface area contributed by atoms with Crippen molar-refractivity contribution in [2.75, 3.05) is 32.7 Å². The Morgan fingerprint density at radius 1 is 0.731 bits per heavy atom. The molecule has 0 aromatic carbocycles. The van der Waals surface area contributed by atoms with Crippen LogP contribution in [0.5, 0.6) is 0 Å². The number of amides is 1. The van der Waals surface area contributed by atoms with Crippen LogP contribution in [0.2, 0.25) is 0 Å². The molecule has 4 heteroatoms. The van der Waals surface area contributed by atoms with E-state index in [1.165, 1.54) is 77.0 Å². The summed E-state index contributed by atoms with van der Waals surface area (Å²) in [5.41, 5.74) is 5.47. The summed E-state index contributed by atoms with van der Waals surface area (Å²) in [5.74, 6) is 0.175. The molecule has 0 aliphatic carbocycles. The number of nitrogens with two attached hydrogens (primary N) is 1. The topological polar surface area (TPSA) is 58.4 Å². The monoisotopic (exact) mass is 369 g/mol. The summed E-state index contributed by atoms with van der Waals surface area (Å²) < 4.78 is 0. The molecule has 0 radical (unpaired) electrons. The molecule has 4 nitrogen and oxygen atoms in total. The minimum Gasteiger partial charge on any atom is -0.356 e. The third kappa shape index (κ3) is 18.2. The van der Waals surface area contributed by atoms with Crippen molar-refractivity contribution in [1.82, 2.24) is 10.2 Å². The van der Waals surface area contributed by atoms with Gasteiger partial charge >= 0.3 is 0 Å². The van der Waals surface area contributed by atoms with E-state index in [9.17, 15) is 4.79 Å². The second-order valence-electron chi connectivity index (χ2n) is 7.62. The van der Waals surface area contributed by atoms with Crippen molar-refractivity contribution in [3.05, 3.63) is 0 Å². The number of nitrogens with zero attached hydrogens (tertiary/aromatic N) is 1. The number of rotatable bonds is 20. The van der Waals surface area contributed by atoms with Crippen LogP contribution in [0.1, 0.15) is 104 Å². The molecule has 156 valence electrons. The van der Waals surface area contributed by atoms with E-state index in [2.05, 4.69) is 24.1 Å². The highest BCUT2D eigenvalue weighted by Gasteiger charge is 2.08. The zero-order valence-corrected chi connectivity index (χ0v) is 17.9. The maximum Gasteiger partial charge on any atom is 0.221 e. The van der Waals surface area contributed by atoms with Gasteiger partial charge in [-0.05, 0) is 38.9 Å². The highest BCUT2D eigenvalue weighted by atomic mass is 16.1. The summed E-state index contributed by atoms with van der Waals surface area (Å²) >= 11 is 0. The Bertz CT molecular complexity index is 281. The molecule has 0 aromatic rings. The van der Waals surface area contributed by atoms with Crippen molar-refractivity contribution in [2.45, 2.75) is 104 Å². The van der Waals surface area contributed by atoms with Gasteiger partial charge in [0.05, 0.1) is 0 Å². The van der Waals surface area contributed by atoms with Crippen LogP contribution >= 0.6 is 0 Å². The molecule has 1 amide bonds. The van der Waals surface area contributed by atoms with Gasteiger partial charge in [-0.1, -0.05) is 78.1 Å². The summed E-state index contributed by atoms with van der Waals surface area (Å²) in [6, 6.07) is 0. The zero-order valence-electron chi connectivity index (χ0n) is 17.9. The van der Waals surface area contributed by atoms with Crippen molar-refractivity contribution < 1.29 is 4.79 Å². The zero-order chi connectivity index (χ0) is 19.3. The first-order valence-corrected chi connectivity index (χ1v) is 11.4. The summed E-state index contributed by atoms with van der Waals surface area (Å²) in [7, 11) is 0. The van der Waals surface area contributed by atoms with Crippen molar-refractivity contribution in [1.29, 1.82) is 0 Å². The van der Waals surface area contributed by atoms with Crippen LogP contribution in [0.3, 0.4) is 0 Å². The van der Waals surface area contributed by atoms with E-state index in [0.29, 0.717) is 19.5 Å². The Labute approximate surface area is 163 Å². The molecule has 26 heavy (non-hydrogen) atoms. The molecule has 0 aliphatic heterocycles. The Morgan fingerprint density at radius 3 is 1.73 bits per heavy atom. The van der Waals surface area contributed by atoms with Gasteiger partial charge in [0.15, 0.2) is 0 Å². The first-order valence-electron chi connectivity index (χ1n) is 11.4. The minimum absolute atomic E-state index is 0.175. The molecule has 0 aliphatic rings. The van der Waals surface area contributed by atoms with Crippen LogP contribution in [0.25, 0.3) is 0 Å². The predicted octanol–water partition coefficient (Wildman–Crippen LogP) is 4.86. The van der Waals surface area contributed by atoms with Crippen molar-refractivity contribution in [2.24, 2.45) is 5.73 Å². The summed E-state index contributed by atoms with van der Waals surface area (Å²) in [4.78, 5) is 14.5. The molecule has 0 fully saturated rings. The largest absolute Gasteiger partial charge is 0.356 e. The maximum atomic E-state index is 11.9. The summed E-state index contributed by atoms with van der Waals surface area (Å²) in [6.07, 6.45) is 17.5. The van der Waals surface area contributed by atoms with Crippen LogP contribution in [-0.4, -0.2) is 43.5 Å². The second-order valence-corrected chi connectivity index (χ2v) is 7.62. The molecule has 0 atom stereocenters. The Balaban J connectivity index is 3.96. The van der Waals surface area contributed by atoms with Crippen LogP contribution in [0, 0.1) is 0 Å². The van der Waals surface area contributed by atoms with Gasteiger partial charge in [-0.15, -0.1) is 0 Å². The lowest BCUT2D eigenvalue weighted by molar-refractivity contribution is -0.121. The average molecular weight is 370 g/mol. The molecule has 0 heterocycles. The minimum atomic E-state index is 0.175. The van der Waals surface area contributed by atoms with Crippen molar-refractivity contribution in [3.63, 3.8) is 0 Å². The normalized spacial score (nSPS) is 11.2. The maximum absolute atomic E-state index is 11.9. The molecule has 0 saturated carbocycles. The van der Waals surface area contributed by atoms with Gasteiger partial charge in [0.25, 0.3) is 0 Å². The van der Waals surface area contributed by atoms with E-state index in [1.807, 2.05) is 0 Å². The quantitative estimate of drug-likeness (QED) is 0.301. The third-order valence-electron chi connectivity index (χ3n) is 5.01. The predicted molar refractivity (Wildman–Crippen MR) is 114 cm³/mol. The van der Waals surface area contributed by atoms with Gasteiger partial charge in [-0.2, -0.15) is 0 Å². The number of hydrogen-bond acceptors (Lipinski definition) is 3. The highest BCUT2D eigenvalue weighted by Crippen LogP contribution is 2.09. The molecule has 0 spiro atoms. The number of carbonyl (C=O) groups excluding carboxylic acids is 1. The average Bonchev–Trinajstić information content (AvgIpc) is 2.64. The third-order valence-corrected chi connectivity index (χ3v) is 5.01. The van der Waals surface area contributed by atoms with Gasteiger partial charge in [0.1, 0.15) is 0 Å². The number of unbranched alkanes of at least 4 members (excludes halogenated alkanes) is 10. The SMILES string of the molecule is CCCCCCCCN(CCCCCCCC)CCC(=O)NCCCN. The van der Waals surface area contributed by atoms with Crippen LogP contribution in [-0.2, 0) is 4.79 Å². The fourth-order valence-electron chi connectivity index (χ4n) is 3.24. The van der Waals surface area contributed by atoms with E-state index in [0.717, 1.165) is 26.1 Å². The number of hydrogen-bond donors (Lipinski definition) is 2. The molecule has 0 bridgehead atoms. The van der Waals surface area contributed by atoms with Gasteiger partial charge in [0.2, 0.25) is 5.91 Å². The fourth-order valence-corrected chi connectivity index (χ4v) is 3.24. The molecular weight excluding hydrogens is 322 g/mol. The Hall–Kier alpha value is -0.610. The molecule has 3 N–H and O–H groups in total. The lowest BCUT2D eigenvalue weighted by Gasteiger charge is -2.22. The Morgan fingerprint density at radius 2 is 1.23 bits per heavy atom. The van der Waals surface area contributed by atoms with E-state index in [4.69, 9.17) is 5.73 Å². The molecule has 0 unspecified atom stereocenters. The van der Waals surface area contributed by atoms with Gasteiger partial charge in [-0.3, -0.25) is 4.79 Å². The van der Waals surface area contributed by atoms with Crippen LogP contribution < -0.4 is 11.1 Å². The number of carbonyl (C=O) groups is 1. The van der Waals surface area contributed by atoms with Crippen LogP contribution in [0.15, 0.2) is 0 Å². The van der Waals surface area contributed by atoms with E-state index >= 15 is 0 Å². The smallest absolute Gasteiger partial charge is 0.221 e. The van der Waals surface area contributed by atoms with E-state index in [-0.39, 0.29) is 5.91 Å². The van der Waals surface area contributed by atoms with Crippen LogP contribution in [0.4, 0.5) is 0 Å². The Kier molecular flexibility index (Phi) is 20.2. The number of nitrogens with one attached hydrogen (secondary N) is 1.